The number of rotatable bonds is 3. The summed E-state index contributed by atoms with van der Waals surface area (Å²) in [6, 6.07) is 0. The van der Waals surface area contributed by atoms with Crippen LogP contribution in [-0.4, -0.2) is 38.6 Å². The Kier molecular flexibility index (Phi) is 3.58. The molecule has 76 valence electrons. The summed E-state index contributed by atoms with van der Waals surface area (Å²) in [7, 11) is 0. The third-order valence-electron chi connectivity index (χ3n) is 2.71. The Morgan fingerprint density at radius 2 is 1.92 bits per heavy atom. The highest BCUT2D eigenvalue weighted by Gasteiger charge is 2.19. The van der Waals surface area contributed by atoms with Crippen LogP contribution in [0.1, 0.15) is 25.7 Å². The molecule has 2 fully saturated rings. The van der Waals surface area contributed by atoms with Gasteiger partial charge in [-0.15, -0.1) is 0 Å². The van der Waals surface area contributed by atoms with Crippen molar-refractivity contribution in [2.24, 2.45) is 0 Å². The van der Waals surface area contributed by atoms with Crippen LogP contribution in [0.5, 0.6) is 0 Å². The quantitative estimate of drug-likeness (QED) is 0.666. The summed E-state index contributed by atoms with van der Waals surface area (Å²) < 4.78 is 16.5. The van der Waals surface area contributed by atoms with Gasteiger partial charge in [0.15, 0.2) is 0 Å². The van der Waals surface area contributed by atoms with Gasteiger partial charge in [0.2, 0.25) is 0 Å². The van der Waals surface area contributed by atoms with Gasteiger partial charge in [0.25, 0.3) is 0 Å². The SMILES string of the molecule is C1COC(COC2CCOCC2)C1. The lowest BCUT2D eigenvalue weighted by Gasteiger charge is -2.23. The molecule has 1 unspecified atom stereocenters. The maximum absolute atomic E-state index is 5.76. The molecular weight excluding hydrogens is 168 g/mol. The molecule has 3 heteroatoms. The van der Waals surface area contributed by atoms with Crippen molar-refractivity contribution in [3.8, 4) is 0 Å². The van der Waals surface area contributed by atoms with Gasteiger partial charge in [-0.3, -0.25) is 0 Å². The zero-order valence-electron chi connectivity index (χ0n) is 8.04. The third-order valence-corrected chi connectivity index (χ3v) is 2.71. The van der Waals surface area contributed by atoms with Crippen LogP contribution in [0.4, 0.5) is 0 Å². The van der Waals surface area contributed by atoms with E-state index in [1.54, 1.807) is 0 Å². The van der Waals surface area contributed by atoms with Crippen molar-refractivity contribution >= 4 is 0 Å². The van der Waals surface area contributed by atoms with Gasteiger partial charge in [-0.2, -0.15) is 0 Å². The molecule has 0 N–H and O–H groups in total. The molecule has 0 aromatic rings. The summed E-state index contributed by atoms with van der Waals surface area (Å²) in [5.74, 6) is 0. The Labute approximate surface area is 79.4 Å². The van der Waals surface area contributed by atoms with Crippen molar-refractivity contribution in [2.45, 2.75) is 37.9 Å². The van der Waals surface area contributed by atoms with E-state index in [2.05, 4.69) is 0 Å². The summed E-state index contributed by atoms with van der Waals surface area (Å²) in [6.45, 7) is 3.42. The lowest BCUT2D eigenvalue weighted by Crippen LogP contribution is -2.27. The number of hydrogen-bond acceptors (Lipinski definition) is 3. The van der Waals surface area contributed by atoms with E-state index in [9.17, 15) is 0 Å². The lowest BCUT2D eigenvalue weighted by atomic mass is 10.1. The standard InChI is InChI=1S/C10H18O3/c1-2-10(12-5-1)8-13-9-3-6-11-7-4-9/h9-10H,1-8H2. The molecule has 2 rings (SSSR count). The fourth-order valence-electron chi connectivity index (χ4n) is 1.86. The highest BCUT2D eigenvalue weighted by molar-refractivity contribution is 4.67. The summed E-state index contributed by atoms with van der Waals surface area (Å²) in [6.07, 6.45) is 5.24. The van der Waals surface area contributed by atoms with Gasteiger partial charge < -0.3 is 14.2 Å². The second-order valence-corrected chi connectivity index (χ2v) is 3.78. The van der Waals surface area contributed by atoms with Crippen LogP contribution in [0.25, 0.3) is 0 Å². The van der Waals surface area contributed by atoms with Crippen molar-refractivity contribution in [1.29, 1.82) is 0 Å². The van der Waals surface area contributed by atoms with Crippen LogP contribution >= 0.6 is 0 Å². The molecule has 0 aromatic carbocycles. The van der Waals surface area contributed by atoms with E-state index in [1.165, 1.54) is 12.8 Å². The zero-order valence-corrected chi connectivity index (χ0v) is 8.04. The smallest absolute Gasteiger partial charge is 0.0809 e. The van der Waals surface area contributed by atoms with Crippen LogP contribution < -0.4 is 0 Å². The largest absolute Gasteiger partial charge is 0.381 e. The molecule has 0 saturated carbocycles. The Bertz CT molecular complexity index is 137. The maximum atomic E-state index is 5.76. The van der Waals surface area contributed by atoms with Crippen LogP contribution in [0.3, 0.4) is 0 Å². The molecule has 1 atom stereocenters. The maximum Gasteiger partial charge on any atom is 0.0809 e. The molecule has 2 aliphatic heterocycles. The van der Waals surface area contributed by atoms with Crippen molar-refractivity contribution < 1.29 is 14.2 Å². The summed E-state index contributed by atoms with van der Waals surface area (Å²) in [5.41, 5.74) is 0. The Balaban J connectivity index is 1.60. The number of hydrogen-bond donors (Lipinski definition) is 0. The molecular formula is C10H18O3. The molecule has 2 saturated heterocycles. The van der Waals surface area contributed by atoms with Crippen molar-refractivity contribution in [2.75, 3.05) is 26.4 Å². The van der Waals surface area contributed by atoms with E-state index in [1.807, 2.05) is 0 Å². The molecule has 3 nitrogen and oxygen atoms in total. The monoisotopic (exact) mass is 186 g/mol. The first-order valence-corrected chi connectivity index (χ1v) is 5.26. The molecule has 0 bridgehead atoms. The van der Waals surface area contributed by atoms with E-state index >= 15 is 0 Å². The second-order valence-electron chi connectivity index (χ2n) is 3.78. The molecule has 0 aromatic heterocycles. The van der Waals surface area contributed by atoms with Crippen molar-refractivity contribution in [3.63, 3.8) is 0 Å². The average Bonchev–Trinajstić information content (AvgIpc) is 2.69. The van der Waals surface area contributed by atoms with E-state index in [0.717, 1.165) is 39.3 Å². The van der Waals surface area contributed by atoms with Gasteiger partial charge >= 0.3 is 0 Å². The van der Waals surface area contributed by atoms with Crippen molar-refractivity contribution in [1.82, 2.24) is 0 Å². The van der Waals surface area contributed by atoms with Crippen LogP contribution in [-0.2, 0) is 14.2 Å². The minimum atomic E-state index is 0.364. The minimum absolute atomic E-state index is 0.364. The van der Waals surface area contributed by atoms with E-state index in [0.29, 0.717) is 12.2 Å². The van der Waals surface area contributed by atoms with Crippen molar-refractivity contribution in [3.05, 3.63) is 0 Å². The first-order valence-electron chi connectivity index (χ1n) is 5.26. The second kappa shape index (κ2) is 4.94. The normalized spacial score (nSPS) is 30.9. The molecule has 0 spiro atoms. The van der Waals surface area contributed by atoms with Gasteiger partial charge in [0.05, 0.1) is 18.8 Å². The third kappa shape index (κ3) is 2.93. The molecule has 2 heterocycles. The van der Waals surface area contributed by atoms with Crippen LogP contribution in [0.15, 0.2) is 0 Å². The molecule has 0 aliphatic carbocycles. The fraction of sp³-hybridized carbons (Fsp3) is 1.00. The van der Waals surface area contributed by atoms with Gasteiger partial charge in [0, 0.05) is 19.8 Å². The highest BCUT2D eigenvalue weighted by Crippen LogP contribution is 2.16. The van der Waals surface area contributed by atoms with Gasteiger partial charge in [-0.1, -0.05) is 0 Å². The van der Waals surface area contributed by atoms with Gasteiger partial charge in [0.1, 0.15) is 0 Å². The zero-order chi connectivity index (χ0) is 8.93. The fourth-order valence-corrected chi connectivity index (χ4v) is 1.86. The van der Waals surface area contributed by atoms with Crippen LogP contribution in [0.2, 0.25) is 0 Å². The highest BCUT2D eigenvalue weighted by atomic mass is 16.5. The Morgan fingerprint density at radius 1 is 1.08 bits per heavy atom. The Morgan fingerprint density at radius 3 is 2.62 bits per heavy atom. The molecule has 0 amide bonds. The number of ether oxygens (including phenoxy) is 3. The van der Waals surface area contributed by atoms with Gasteiger partial charge in [-0.05, 0) is 25.7 Å². The minimum Gasteiger partial charge on any atom is -0.381 e. The predicted molar refractivity (Wildman–Crippen MR) is 48.8 cm³/mol. The van der Waals surface area contributed by atoms with E-state index < -0.39 is 0 Å². The average molecular weight is 186 g/mol. The topological polar surface area (TPSA) is 27.7 Å². The predicted octanol–water partition coefficient (Wildman–Crippen LogP) is 1.36. The molecule has 13 heavy (non-hydrogen) atoms. The summed E-state index contributed by atoms with van der Waals surface area (Å²) in [5, 5.41) is 0. The Hall–Kier alpha value is -0.120. The van der Waals surface area contributed by atoms with E-state index in [-0.39, 0.29) is 0 Å². The van der Waals surface area contributed by atoms with Gasteiger partial charge in [-0.25, -0.2) is 0 Å². The molecule has 2 aliphatic rings. The lowest BCUT2D eigenvalue weighted by molar-refractivity contribution is -0.0634. The first kappa shape index (κ1) is 9.44. The van der Waals surface area contributed by atoms with E-state index in [4.69, 9.17) is 14.2 Å². The summed E-state index contributed by atoms with van der Waals surface area (Å²) >= 11 is 0. The molecule has 0 radical (unpaired) electrons. The first-order chi connectivity index (χ1) is 6.45. The summed E-state index contributed by atoms with van der Waals surface area (Å²) in [4.78, 5) is 0. The van der Waals surface area contributed by atoms with Crippen LogP contribution in [0, 0.1) is 0 Å².